The summed E-state index contributed by atoms with van der Waals surface area (Å²) in [5.74, 6) is -5.42. The predicted octanol–water partition coefficient (Wildman–Crippen LogP) is -19.8. The molecule has 9 heterocycles. The summed E-state index contributed by atoms with van der Waals surface area (Å²) in [5, 5.41) is 274. The van der Waals surface area contributed by atoms with Gasteiger partial charge >= 0.3 is 0 Å². The van der Waals surface area contributed by atoms with E-state index in [9.17, 15) is 146 Å². The first-order valence-corrected chi connectivity index (χ1v) is 37.6. The van der Waals surface area contributed by atoms with Crippen LogP contribution in [0.15, 0.2) is 0 Å². The van der Waals surface area contributed by atoms with Crippen molar-refractivity contribution in [2.45, 2.75) is 318 Å². The molecular weight excluding hydrogens is 1610 g/mol. The van der Waals surface area contributed by atoms with E-state index in [1.807, 2.05) is 0 Å². The van der Waals surface area contributed by atoms with Crippen LogP contribution in [0.3, 0.4) is 0 Å². The number of carbonyl (C=O) groups excluding carboxylic acids is 6. The number of hydrogen-bond donors (Lipinski definition) is 29. The topological polar surface area (TPSA) is 797 Å². The van der Waals surface area contributed by atoms with Gasteiger partial charge in [0, 0.05) is 41.5 Å². The van der Waals surface area contributed by atoms with Crippen LogP contribution >= 0.6 is 0 Å². The molecule has 0 bridgehead atoms. The van der Waals surface area contributed by atoms with Gasteiger partial charge in [0.05, 0.1) is 59.5 Å². The van der Waals surface area contributed by atoms with E-state index in [1.54, 1.807) is 0 Å². The zero-order valence-corrected chi connectivity index (χ0v) is 64.0. The van der Waals surface area contributed by atoms with Crippen LogP contribution in [-0.4, -0.2) is 488 Å². The van der Waals surface area contributed by atoms with Crippen LogP contribution in [0.5, 0.6) is 0 Å². The van der Waals surface area contributed by atoms with E-state index in [0.29, 0.717) is 0 Å². The van der Waals surface area contributed by atoms with Crippen LogP contribution in [0, 0.1) is 0 Å². The third-order valence-electron chi connectivity index (χ3n) is 21.2. The fraction of sp³-hybridized carbons (Fsp3) is 0.909. The van der Waals surface area contributed by atoms with Gasteiger partial charge in [0.25, 0.3) is 0 Å². The Morgan fingerprint density at radius 1 is 0.220 bits per heavy atom. The Hall–Kier alpha value is -4.78. The molecule has 0 saturated carbocycles. The first-order valence-electron chi connectivity index (χ1n) is 37.6. The number of carbonyl (C=O) groups is 6. The van der Waals surface area contributed by atoms with Crippen molar-refractivity contribution in [3.63, 3.8) is 0 Å². The van der Waals surface area contributed by atoms with Crippen molar-refractivity contribution in [3.8, 4) is 0 Å². The molecule has 9 saturated heterocycles. The smallest absolute Gasteiger partial charge is 0.217 e. The summed E-state index contributed by atoms with van der Waals surface area (Å²) < 4.78 is 104. The number of amides is 6. The van der Waals surface area contributed by atoms with Gasteiger partial charge in [0.2, 0.25) is 35.4 Å². The van der Waals surface area contributed by atoms with Gasteiger partial charge in [0.15, 0.2) is 56.6 Å². The summed E-state index contributed by atoms with van der Waals surface area (Å²) >= 11 is 0. The summed E-state index contributed by atoms with van der Waals surface area (Å²) in [7, 11) is 0. The molecule has 0 unspecified atom stereocenters. The Balaban J connectivity index is 1.17. The molecule has 0 spiro atoms. The molecule has 52 nitrogen and oxygen atoms in total. The minimum Gasteiger partial charge on any atom is -0.394 e. The van der Waals surface area contributed by atoms with Crippen LogP contribution in [0.25, 0.3) is 0 Å². The standard InChI is InChI=1S/C66H110N6O46/c1-16(81)67-31-45(95)51(26(11-77)103-58(31)101)112-63-36(72-21(6)86)46(96)52(27(12-78)108-63)115-65-50(100)56(117-64-48(98)47(97)53(28(13-79)109-64)113-59-32(68-17(2)82)41(91)37(87)22(7-73)104-59)55(116-61-34(70-19(4)84)43(93)39(89)24(9-75)106-61)30(111-65)15-102-66-57(118-62-35(71-20(5)85)44(94)40(90)25(10-76)107-62)49(99)54(29(14-80)110-66)114-60-33(69-18(3)83)42(92)38(88)23(8-74)105-60/h22-66,73-80,87-101H,7-15H2,1-6H3,(H,67,81)(H,68,82)(H,69,83)(H,70,84)(H,71,85)(H,72,86)/t22-,23-,24-,25-,26-,27-,28-,29-,30-,31-,32-,33-,34-,35-,36-,37-,38-,39-,40-,41-,42-,43-,44-,45-,46-,47-,48+,49+,50+,51-,52-,53-,54-,55-,56-,57+,58-,59+,60+,61+,62+,63+,64-,65+,66+/m1/s1. The van der Waals surface area contributed by atoms with E-state index in [-0.39, 0.29) is 0 Å². The molecule has 6 amide bonds. The summed E-state index contributed by atoms with van der Waals surface area (Å²) in [6.07, 6.45) is -83.4. The Kier molecular flexibility index (Phi) is 35.1. The third kappa shape index (κ3) is 21.9. The fourth-order valence-corrected chi connectivity index (χ4v) is 15.3. The lowest BCUT2D eigenvalue weighted by atomic mass is 9.93. The number of nitrogens with one attached hydrogen (secondary N) is 6. The molecule has 29 N–H and O–H groups in total. The number of ether oxygens (including phenoxy) is 17. The van der Waals surface area contributed by atoms with Gasteiger partial charge in [0.1, 0.15) is 219 Å². The molecule has 0 aromatic rings. The number of aliphatic hydroxyl groups is 23. The normalized spacial score (nSPS) is 46.9. The second-order valence-electron chi connectivity index (χ2n) is 29.6. The maximum Gasteiger partial charge on any atom is 0.217 e. The monoisotopic (exact) mass is 1720 g/mol. The lowest BCUT2D eigenvalue weighted by Crippen LogP contribution is -2.71. The van der Waals surface area contributed by atoms with Crippen molar-refractivity contribution >= 4 is 35.4 Å². The van der Waals surface area contributed by atoms with E-state index in [2.05, 4.69) is 31.9 Å². The van der Waals surface area contributed by atoms with Crippen LogP contribution in [0.1, 0.15) is 41.5 Å². The van der Waals surface area contributed by atoms with Crippen LogP contribution in [0.2, 0.25) is 0 Å². The summed E-state index contributed by atoms with van der Waals surface area (Å²) in [5.41, 5.74) is 0. The van der Waals surface area contributed by atoms with Crippen molar-refractivity contribution < 1.29 is 227 Å². The summed E-state index contributed by atoms with van der Waals surface area (Å²) in [6, 6.07) is -11.1. The molecule has 0 radical (unpaired) electrons. The lowest BCUT2D eigenvalue weighted by Gasteiger charge is -2.52. The van der Waals surface area contributed by atoms with Crippen molar-refractivity contribution in [3.05, 3.63) is 0 Å². The van der Waals surface area contributed by atoms with Gasteiger partial charge < -0.3 is 230 Å². The van der Waals surface area contributed by atoms with E-state index in [4.69, 9.17) is 80.5 Å². The minimum atomic E-state index is -2.69. The number of hydrogen-bond acceptors (Lipinski definition) is 46. The van der Waals surface area contributed by atoms with Gasteiger partial charge in [-0.2, -0.15) is 0 Å². The number of aliphatic hydroxyl groups excluding tert-OH is 23. The Morgan fingerprint density at radius 3 is 0.805 bits per heavy atom. The molecular formula is C66H110N6O46. The molecule has 0 aromatic heterocycles. The van der Waals surface area contributed by atoms with Gasteiger partial charge in [-0.25, -0.2) is 0 Å². The van der Waals surface area contributed by atoms with E-state index < -0.39 is 371 Å². The third-order valence-corrected chi connectivity index (χ3v) is 21.2. The van der Waals surface area contributed by atoms with Crippen LogP contribution in [0.4, 0.5) is 0 Å². The summed E-state index contributed by atoms with van der Waals surface area (Å²) in [6.45, 7) is -4.61. The Labute approximate surface area is 669 Å². The predicted molar refractivity (Wildman–Crippen MR) is 367 cm³/mol. The first kappa shape index (κ1) is 97.0. The van der Waals surface area contributed by atoms with Crippen molar-refractivity contribution in [2.75, 3.05) is 59.5 Å². The average Bonchev–Trinajstić information content (AvgIpc) is 0.761. The SMILES string of the molecule is CC(=O)N[C@@H]1[C@@H](O)[C@H](O[C@@H]2O[C@H](CO)[C@@H](O[C@@H]3O[C@H](CO[C@H]4O[C@H](CO)[C@@H](O[C@@H]5O[C@H](CO)[C@@H](O)[C@H](O)[C@H]5NC(C)=O)[C@H](O)[C@@H]4O[C@@H]4O[C@H](CO)[C@@H](O)[C@H](O)[C@H]4NC(C)=O)[C@@H](O[C@@H]4O[C@H](CO)[C@@H](O)[C@H](O)[C@H]4NC(C)=O)[C@H](O[C@H]4O[C@H](CO)[C@@H](O[C@@H]5O[C@H](CO)[C@@H](O)[C@H](O)[C@H]5NC(C)=O)[C@H](O)[C@@H]4O)[C@@H]3O)[C@H](O)[C@H]2NC(C)=O)[C@@H](CO)O[C@H]1O. The Bertz CT molecular complexity index is 3230. The van der Waals surface area contributed by atoms with Gasteiger partial charge in [-0.3, -0.25) is 28.8 Å². The highest BCUT2D eigenvalue weighted by Gasteiger charge is 2.62. The van der Waals surface area contributed by atoms with Gasteiger partial charge in [-0.1, -0.05) is 0 Å². The highest BCUT2D eigenvalue weighted by Crippen LogP contribution is 2.41. The van der Waals surface area contributed by atoms with Crippen LogP contribution in [-0.2, 0) is 109 Å². The second kappa shape index (κ2) is 42.7. The zero-order chi connectivity index (χ0) is 87.1. The van der Waals surface area contributed by atoms with Crippen molar-refractivity contribution in [1.29, 1.82) is 0 Å². The maximum absolute atomic E-state index is 13.2. The van der Waals surface area contributed by atoms with Crippen LogP contribution < -0.4 is 31.9 Å². The van der Waals surface area contributed by atoms with Gasteiger partial charge in [-0.15, -0.1) is 0 Å². The summed E-state index contributed by atoms with van der Waals surface area (Å²) in [4.78, 5) is 76.4. The quantitative estimate of drug-likeness (QED) is 0.0306. The van der Waals surface area contributed by atoms with E-state index >= 15 is 0 Å². The molecule has 680 valence electrons. The zero-order valence-electron chi connectivity index (χ0n) is 64.0. The highest BCUT2D eigenvalue weighted by atomic mass is 16.8. The lowest BCUT2D eigenvalue weighted by molar-refractivity contribution is -0.405. The molecule has 0 aromatic carbocycles. The maximum atomic E-state index is 13.2. The molecule has 9 rings (SSSR count). The molecule has 0 aliphatic carbocycles. The first-order chi connectivity index (χ1) is 55.8. The Morgan fingerprint density at radius 2 is 0.458 bits per heavy atom. The molecule has 9 aliphatic rings. The van der Waals surface area contributed by atoms with Gasteiger partial charge in [-0.05, 0) is 0 Å². The highest BCUT2D eigenvalue weighted by molar-refractivity contribution is 5.75. The minimum absolute atomic E-state index is 0.807. The van der Waals surface area contributed by atoms with E-state index in [1.165, 1.54) is 0 Å². The fourth-order valence-electron chi connectivity index (χ4n) is 15.3. The average molecular weight is 1720 g/mol. The molecule has 45 atom stereocenters. The molecule has 9 fully saturated rings. The molecule has 9 aliphatic heterocycles. The van der Waals surface area contributed by atoms with E-state index in [0.717, 1.165) is 41.5 Å². The van der Waals surface area contributed by atoms with Crippen molar-refractivity contribution in [2.24, 2.45) is 0 Å². The second-order valence-corrected chi connectivity index (χ2v) is 29.6. The molecule has 52 heteroatoms. The van der Waals surface area contributed by atoms with Crippen molar-refractivity contribution in [1.82, 2.24) is 31.9 Å². The molecule has 118 heavy (non-hydrogen) atoms. The number of rotatable bonds is 31. The largest absolute Gasteiger partial charge is 0.394 e.